The van der Waals surface area contributed by atoms with E-state index in [0.29, 0.717) is 10.0 Å². The van der Waals surface area contributed by atoms with Crippen LogP contribution in [0, 0.1) is 10.1 Å². The monoisotopic (exact) mass is 317 g/mol. The van der Waals surface area contributed by atoms with E-state index in [-0.39, 0.29) is 20.6 Å². The first-order chi connectivity index (χ1) is 8.61. The Balaban J connectivity index is 3.12. The SMILES string of the molecule is CCCC[Se]c1c(C(=O)OC)cccc1[N+](=O)[O-]. The third-order valence-corrected chi connectivity index (χ3v) is 4.88. The molecule has 6 heteroatoms. The van der Waals surface area contributed by atoms with Crippen LogP contribution in [0.15, 0.2) is 18.2 Å². The molecule has 0 atom stereocenters. The van der Waals surface area contributed by atoms with E-state index in [9.17, 15) is 14.9 Å². The van der Waals surface area contributed by atoms with Crippen molar-refractivity contribution in [2.24, 2.45) is 0 Å². The Bertz CT molecular complexity index is 448. The number of rotatable bonds is 6. The molecule has 0 saturated heterocycles. The van der Waals surface area contributed by atoms with E-state index in [4.69, 9.17) is 0 Å². The molecule has 18 heavy (non-hydrogen) atoms. The molecule has 1 aromatic rings. The second-order valence-corrected chi connectivity index (χ2v) is 5.92. The molecule has 1 aromatic carbocycles. The zero-order chi connectivity index (χ0) is 13.5. The van der Waals surface area contributed by atoms with Crippen LogP contribution in [0.25, 0.3) is 0 Å². The van der Waals surface area contributed by atoms with Crippen LogP contribution in [0.4, 0.5) is 5.69 Å². The van der Waals surface area contributed by atoms with Gasteiger partial charge in [0.1, 0.15) is 0 Å². The van der Waals surface area contributed by atoms with Gasteiger partial charge < -0.3 is 0 Å². The number of nitro benzene ring substituents is 1. The van der Waals surface area contributed by atoms with Crippen molar-refractivity contribution in [2.45, 2.75) is 25.1 Å². The Morgan fingerprint density at radius 1 is 1.50 bits per heavy atom. The summed E-state index contributed by atoms with van der Waals surface area (Å²) < 4.78 is 5.20. The zero-order valence-corrected chi connectivity index (χ0v) is 12.1. The summed E-state index contributed by atoms with van der Waals surface area (Å²) in [5.41, 5.74) is 0.344. The van der Waals surface area contributed by atoms with Crippen LogP contribution in [0.1, 0.15) is 30.1 Å². The Kier molecular flexibility index (Phi) is 5.81. The van der Waals surface area contributed by atoms with Crippen LogP contribution in [0.2, 0.25) is 5.32 Å². The number of ether oxygens (including phenoxy) is 1. The van der Waals surface area contributed by atoms with Crippen molar-refractivity contribution in [3.63, 3.8) is 0 Å². The second kappa shape index (κ2) is 7.13. The van der Waals surface area contributed by atoms with E-state index in [1.54, 1.807) is 6.07 Å². The normalized spacial score (nSPS) is 10.1. The number of hydrogen-bond acceptors (Lipinski definition) is 4. The van der Waals surface area contributed by atoms with E-state index < -0.39 is 10.9 Å². The van der Waals surface area contributed by atoms with Crippen molar-refractivity contribution < 1.29 is 14.5 Å². The predicted octanol–water partition coefficient (Wildman–Crippen LogP) is 1.93. The predicted molar refractivity (Wildman–Crippen MR) is 69.5 cm³/mol. The van der Waals surface area contributed by atoms with Gasteiger partial charge in [-0.15, -0.1) is 0 Å². The van der Waals surface area contributed by atoms with E-state index in [1.807, 2.05) is 0 Å². The van der Waals surface area contributed by atoms with Crippen molar-refractivity contribution >= 4 is 31.1 Å². The summed E-state index contributed by atoms with van der Waals surface area (Å²) in [7, 11) is 1.28. The Hall–Kier alpha value is -1.39. The Morgan fingerprint density at radius 2 is 2.22 bits per heavy atom. The van der Waals surface area contributed by atoms with Crippen LogP contribution in [-0.4, -0.2) is 33.0 Å². The van der Waals surface area contributed by atoms with E-state index >= 15 is 0 Å². The molecule has 0 aliphatic heterocycles. The topological polar surface area (TPSA) is 69.4 Å². The van der Waals surface area contributed by atoms with Gasteiger partial charge in [0.2, 0.25) is 0 Å². The summed E-state index contributed by atoms with van der Waals surface area (Å²) >= 11 is -0.0802. The average Bonchev–Trinajstić information content (AvgIpc) is 2.38. The Morgan fingerprint density at radius 3 is 2.78 bits per heavy atom. The molecule has 5 nitrogen and oxygen atoms in total. The van der Waals surface area contributed by atoms with Gasteiger partial charge in [-0.2, -0.15) is 0 Å². The number of nitro groups is 1. The van der Waals surface area contributed by atoms with Gasteiger partial charge in [0.05, 0.1) is 0 Å². The van der Waals surface area contributed by atoms with Crippen LogP contribution in [-0.2, 0) is 4.74 Å². The maximum absolute atomic E-state index is 11.6. The molecule has 0 aliphatic rings. The van der Waals surface area contributed by atoms with Crippen molar-refractivity contribution in [1.82, 2.24) is 0 Å². The fourth-order valence-electron chi connectivity index (χ4n) is 1.41. The summed E-state index contributed by atoms with van der Waals surface area (Å²) in [5, 5.41) is 11.9. The first-order valence-electron chi connectivity index (χ1n) is 5.60. The summed E-state index contributed by atoms with van der Waals surface area (Å²) in [6.45, 7) is 2.07. The fraction of sp³-hybridized carbons (Fsp3) is 0.417. The molecule has 0 spiro atoms. The van der Waals surface area contributed by atoms with Gasteiger partial charge in [0.15, 0.2) is 0 Å². The van der Waals surface area contributed by atoms with Gasteiger partial charge in [-0.25, -0.2) is 0 Å². The van der Waals surface area contributed by atoms with E-state index in [1.165, 1.54) is 19.2 Å². The summed E-state index contributed by atoms with van der Waals surface area (Å²) in [6.07, 6.45) is 2.04. The van der Waals surface area contributed by atoms with Gasteiger partial charge >= 0.3 is 112 Å². The third-order valence-electron chi connectivity index (χ3n) is 2.34. The van der Waals surface area contributed by atoms with Gasteiger partial charge in [-0.1, -0.05) is 0 Å². The molecule has 0 amide bonds. The summed E-state index contributed by atoms with van der Waals surface area (Å²) in [6, 6.07) is 4.54. The number of benzene rings is 1. The van der Waals surface area contributed by atoms with Gasteiger partial charge in [0.25, 0.3) is 0 Å². The number of carbonyl (C=O) groups is 1. The number of nitrogens with zero attached hydrogens (tertiary/aromatic N) is 1. The summed E-state index contributed by atoms with van der Waals surface area (Å²) in [4.78, 5) is 22.2. The molecule has 0 radical (unpaired) electrons. The number of methoxy groups -OCH3 is 1. The van der Waals surface area contributed by atoms with E-state index in [2.05, 4.69) is 11.7 Å². The molecule has 0 aliphatic carbocycles. The minimum atomic E-state index is -0.507. The van der Waals surface area contributed by atoms with Crippen molar-refractivity contribution in [3.05, 3.63) is 33.9 Å². The molecular weight excluding hydrogens is 301 g/mol. The first kappa shape index (κ1) is 14.7. The van der Waals surface area contributed by atoms with Crippen molar-refractivity contribution in [1.29, 1.82) is 0 Å². The molecule has 98 valence electrons. The second-order valence-electron chi connectivity index (χ2n) is 3.60. The molecule has 0 saturated carbocycles. The number of unbranched alkanes of at least 4 members (excludes halogenated alkanes) is 1. The molecule has 0 aromatic heterocycles. The number of hydrogen-bond donors (Lipinski definition) is 0. The van der Waals surface area contributed by atoms with Crippen LogP contribution >= 0.6 is 0 Å². The molecule has 0 bridgehead atoms. The van der Waals surface area contributed by atoms with Crippen molar-refractivity contribution in [2.75, 3.05) is 7.11 Å². The van der Waals surface area contributed by atoms with Gasteiger partial charge in [0, 0.05) is 0 Å². The number of esters is 1. The first-order valence-corrected chi connectivity index (χ1v) is 7.67. The molecule has 1 rings (SSSR count). The standard InChI is InChI=1S/C12H15NO4Se/c1-3-4-8-18-11-9(12(14)17-2)6-5-7-10(11)13(15)16/h5-7H,3-4,8H2,1-2H3. The Labute approximate surface area is 112 Å². The quantitative estimate of drug-likeness (QED) is 0.264. The fourth-order valence-corrected chi connectivity index (χ4v) is 4.00. The van der Waals surface area contributed by atoms with Crippen molar-refractivity contribution in [3.8, 4) is 0 Å². The van der Waals surface area contributed by atoms with E-state index in [0.717, 1.165) is 18.2 Å². The van der Waals surface area contributed by atoms with Crippen LogP contribution in [0.3, 0.4) is 0 Å². The van der Waals surface area contributed by atoms with Gasteiger partial charge in [-0.05, 0) is 0 Å². The zero-order valence-electron chi connectivity index (χ0n) is 10.3. The molecule has 0 unspecified atom stereocenters. The average molecular weight is 316 g/mol. The van der Waals surface area contributed by atoms with Crippen LogP contribution < -0.4 is 4.46 Å². The number of carbonyl (C=O) groups excluding carboxylic acids is 1. The van der Waals surface area contributed by atoms with Crippen LogP contribution in [0.5, 0.6) is 0 Å². The van der Waals surface area contributed by atoms with Gasteiger partial charge in [-0.3, -0.25) is 0 Å². The molecule has 0 fully saturated rings. The minimum absolute atomic E-state index is 0.0222. The maximum atomic E-state index is 11.6. The third kappa shape index (κ3) is 3.55. The summed E-state index contributed by atoms with van der Waals surface area (Å²) in [5.74, 6) is -0.507. The molecular formula is C12H15NO4Se. The molecule has 0 heterocycles. The molecule has 0 N–H and O–H groups in total.